The van der Waals surface area contributed by atoms with E-state index >= 15 is 0 Å². The van der Waals surface area contributed by atoms with Gasteiger partial charge in [-0.25, -0.2) is 19.6 Å². The van der Waals surface area contributed by atoms with E-state index < -0.39 is 11.9 Å². The van der Waals surface area contributed by atoms with Crippen LogP contribution >= 0.6 is 0 Å². The van der Waals surface area contributed by atoms with Gasteiger partial charge in [-0.05, 0) is 35.4 Å². The maximum atomic E-state index is 10.2. The summed E-state index contributed by atoms with van der Waals surface area (Å²) in [5.74, 6) is 1.04. The van der Waals surface area contributed by atoms with Gasteiger partial charge in [0.15, 0.2) is 0 Å². The van der Waals surface area contributed by atoms with E-state index in [1.165, 1.54) is 28.1 Å². The summed E-state index contributed by atoms with van der Waals surface area (Å²) >= 11 is 0. The van der Waals surface area contributed by atoms with Crippen molar-refractivity contribution in [2.24, 2.45) is 0 Å². The molecule has 9 rings (SSSR count). The minimum absolute atomic E-state index is 0. The van der Waals surface area contributed by atoms with Crippen LogP contribution in [0.1, 0.15) is 13.8 Å². The van der Waals surface area contributed by atoms with Crippen LogP contribution in [0.15, 0.2) is 121 Å². The molecule has 7 aromatic rings. The van der Waals surface area contributed by atoms with Crippen LogP contribution < -0.4 is 9.97 Å². The third-order valence-corrected chi connectivity index (χ3v) is 8.39. The average Bonchev–Trinajstić information content (AvgIpc) is 3.94. The smallest absolute Gasteiger partial charge is 0.333 e. The fourth-order valence-electron chi connectivity index (χ4n) is 5.92. The number of fused-ring (bicyclic) bond motifs is 20. The molecule has 2 aliphatic heterocycles. The Bertz CT molecular complexity index is 2540. The van der Waals surface area contributed by atoms with E-state index in [4.69, 9.17) is 50.1 Å². The van der Waals surface area contributed by atoms with Crippen LogP contribution in [0, 0.1) is 0 Å². The van der Waals surface area contributed by atoms with Crippen LogP contribution in [0.2, 0.25) is 0 Å². The zero-order valence-corrected chi connectivity index (χ0v) is 34.6. The molecule has 4 aromatic carbocycles. The van der Waals surface area contributed by atoms with Crippen molar-refractivity contribution in [2.45, 2.75) is 13.8 Å². The van der Waals surface area contributed by atoms with Gasteiger partial charge in [0.1, 0.15) is 0 Å². The van der Waals surface area contributed by atoms with Crippen LogP contribution in [0.3, 0.4) is 0 Å². The van der Waals surface area contributed by atoms with Crippen LogP contribution in [-0.4, -0.2) is 66.3 Å². The van der Waals surface area contributed by atoms with Crippen molar-refractivity contribution in [1.29, 1.82) is 0 Å². The Kier molecular flexibility index (Phi) is 12.1. The molecule has 3 aromatic heterocycles. The molecule has 0 saturated heterocycles. The van der Waals surface area contributed by atoms with Gasteiger partial charge in [0, 0.05) is 70.7 Å². The molecule has 0 unspecified atom stereocenters. The van der Waals surface area contributed by atoms with Gasteiger partial charge >= 0.3 is 11.9 Å². The fraction of sp³-hybridized carbons (Fsp3) is 0.0952. The van der Waals surface area contributed by atoms with E-state index in [-0.39, 0.29) is 37.4 Å². The summed E-state index contributed by atoms with van der Waals surface area (Å²) < 4.78 is 8.37. The molecule has 5 heterocycles. The third-order valence-electron chi connectivity index (χ3n) is 8.39. The largest absolute Gasteiger partial charge is 0.512 e. The predicted molar refractivity (Wildman–Crippen MR) is 211 cm³/mol. The standard InChI is InChI=1S/C32H16N8.2C5H8O3.Hf/c1-2-10-18-17(9-1)25-33-26(18)38-28-21-13-5-6-14-22(21)30(35-28)40-32-24-16-8-7-15-23(24)31(36-32)39-29-20-12-4-3-11-19(20)27(34-29)37-25;2*1-4(6)3-5(7)8-2;/h1-16H;2*3,6H,1-2H3;/q-2;;;/b;2*4-3-;. The number of rotatable bonds is 2. The Morgan fingerprint density at radius 3 is 0.930 bits per heavy atom. The first-order valence-electron chi connectivity index (χ1n) is 17.1. The molecule has 0 fully saturated rings. The van der Waals surface area contributed by atoms with Crippen molar-refractivity contribution in [3.63, 3.8) is 0 Å². The average molecular weight is 923 g/mol. The van der Waals surface area contributed by atoms with Crippen molar-refractivity contribution in [3.8, 4) is 45.6 Å². The van der Waals surface area contributed by atoms with Gasteiger partial charge in [-0.2, -0.15) is 0 Å². The zero-order chi connectivity index (χ0) is 39.3. The van der Waals surface area contributed by atoms with Gasteiger partial charge in [-0.3, -0.25) is 0 Å². The van der Waals surface area contributed by atoms with Crippen LogP contribution in [0.4, 0.5) is 0 Å². The van der Waals surface area contributed by atoms with E-state index in [1.807, 2.05) is 97.1 Å². The number of ether oxygens (including phenoxy) is 2. The first-order valence-corrected chi connectivity index (χ1v) is 17.1. The summed E-state index contributed by atoms with van der Waals surface area (Å²) in [7, 11) is 2.50. The second-order valence-electron chi connectivity index (χ2n) is 12.3. The molecule has 2 N–H and O–H groups in total. The molecule has 57 heavy (non-hydrogen) atoms. The summed E-state index contributed by atoms with van der Waals surface area (Å²) in [6.45, 7) is 2.80. The quantitative estimate of drug-likeness (QED) is 0.0754. The summed E-state index contributed by atoms with van der Waals surface area (Å²) in [5.41, 5.74) is 5.78. The molecule has 0 saturated carbocycles. The van der Waals surface area contributed by atoms with Crippen molar-refractivity contribution in [2.75, 3.05) is 14.2 Å². The van der Waals surface area contributed by atoms with Gasteiger partial charge in [-0.1, -0.05) is 97.1 Å². The van der Waals surface area contributed by atoms with Crippen LogP contribution in [0.5, 0.6) is 0 Å². The Morgan fingerprint density at radius 1 is 0.474 bits per heavy atom. The van der Waals surface area contributed by atoms with Gasteiger partial charge in [0.05, 0.1) is 61.2 Å². The maximum Gasteiger partial charge on any atom is 0.333 e. The Hall–Kier alpha value is -6.87. The zero-order valence-electron chi connectivity index (χ0n) is 31.0. The van der Waals surface area contributed by atoms with Crippen LogP contribution in [-0.2, 0) is 44.9 Å². The first-order chi connectivity index (χ1) is 27.1. The molecular weight excluding hydrogens is 891 g/mol. The Balaban J connectivity index is 0.000000275. The van der Waals surface area contributed by atoms with Gasteiger partial charge in [0.2, 0.25) is 0 Å². The molecule has 0 atom stereocenters. The molecule has 14 nitrogen and oxygen atoms in total. The van der Waals surface area contributed by atoms with Gasteiger partial charge < -0.3 is 49.6 Å². The fourth-order valence-corrected chi connectivity index (χ4v) is 5.92. The molecule has 8 bridgehead atoms. The number of hydrogen-bond acceptors (Lipinski definition) is 12. The molecule has 0 amide bonds. The van der Waals surface area contributed by atoms with E-state index in [0.29, 0.717) is 45.9 Å². The topological polar surface area (TPSA) is 199 Å². The Labute approximate surface area is 343 Å². The second kappa shape index (κ2) is 17.3. The number of carbonyl (C=O) groups is 2. The third kappa shape index (κ3) is 8.53. The van der Waals surface area contributed by atoms with E-state index in [1.54, 1.807) is 0 Å². The molecule has 0 spiro atoms. The number of benzene rings is 4. The minimum atomic E-state index is -0.537. The van der Waals surface area contributed by atoms with Crippen LogP contribution in [0.25, 0.3) is 89.7 Å². The number of nitrogens with zero attached hydrogens (tertiary/aromatic N) is 8. The van der Waals surface area contributed by atoms with E-state index in [9.17, 15) is 9.59 Å². The molecular formula is C42H32HfN8O6-2. The van der Waals surface area contributed by atoms with Crippen molar-refractivity contribution >= 4 is 56.1 Å². The minimum Gasteiger partial charge on any atom is -0.512 e. The number of carbonyl (C=O) groups excluding carboxylic acids is 2. The van der Waals surface area contributed by atoms with Gasteiger partial charge in [0.25, 0.3) is 0 Å². The number of aromatic nitrogens is 8. The number of aliphatic hydroxyl groups is 2. The molecule has 0 radical (unpaired) electrons. The van der Waals surface area contributed by atoms with Crippen molar-refractivity contribution < 1.29 is 55.1 Å². The number of allylic oxidation sites excluding steroid dienone is 2. The first kappa shape index (κ1) is 39.8. The van der Waals surface area contributed by atoms with E-state index in [2.05, 4.69) is 9.47 Å². The normalized spacial score (nSPS) is 11.5. The molecule has 282 valence electrons. The van der Waals surface area contributed by atoms with E-state index in [0.717, 1.165) is 56.0 Å². The van der Waals surface area contributed by atoms with Gasteiger partial charge in [-0.15, -0.1) is 0 Å². The number of esters is 2. The predicted octanol–water partition coefficient (Wildman–Crippen LogP) is 7.37. The summed E-state index contributed by atoms with van der Waals surface area (Å²) in [6, 6.07) is 31.8. The summed E-state index contributed by atoms with van der Waals surface area (Å²) in [4.78, 5) is 59.6. The Morgan fingerprint density at radius 2 is 0.719 bits per heavy atom. The number of methoxy groups -OCH3 is 2. The maximum absolute atomic E-state index is 10.2. The molecule has 15 heteroatoms. The summed E-state index contributed by atoms with van der Waals surface area (Å²) in [5, 5.41) is 20.4. The van der Waals surface area contributed by atoms with Crippen molar-refractivity contribution in [3.05, 3.63) is 121 Å². The number of hydrogen-bond donors (Lipinski definition) is 2. The second-order valence-corrected chi connectivity index (χ2v) is 12.3. The summed E-state index contributed by atoms with van der Waals surface area (Å²) in [6.07, 6.45) is 2.00. The molecule has 2 aliphatic rings. The molecule has 0 aliphatic carbocycles. The van der Waals surface area contributed by atoms with Crippen molar-refractivity contribution in [1.82, 2.24) is 39.9 Å². The monoisotopic (exact) mass is 924 g/mol. The number of aliphatic hydroxyl groups excluding tert-OH is 2. The SMILES string of the molecule is COC(=O)/C=C(/C)O.COC(=O)/C=C(/C)O.[Hf].c1ccc2c(c1)-c1nc-2nc2[n-]c(nc3nc(nc4[n-]c(n1)c1ccccc41)-c1ccccc1-3)c1ccccc21.